The monoisotopic (exact) mass is 262 g/mol. The van der Waals surface area contributed by atoms with E-state index in [0.29, 0.717) is 12.3 Å². The fourth-order valence-electron chi connectivity index (χ4n) is 1.50. The molecule has 100 valence electrons. The van der Waals surface area contributed by atoms with E-state index in [-0.39, 0.29) is 5.88 Å². The van der Waals surface area contributed by atoms with Crippen molar-refractivity contribution in [3.05, 3.63) is 46.3 Å². The summed E-state index contributed by atoms with van der Waals surface area (Å²) in [5.41, 5.74) is 0.824. The number of nitrogens with one attached hydrogen (secondary N) is 1. The van der Waals surface area contributed by atoms with Crippen LogP contribution in [0.5, 0.6) is 0 Å². The number of nitro groups is 1. The SMILES string of the molecule is CN(C)c1ccc(NCc2ccc([N+](=O)[O-])o2)cn1. The van der Waals surface area contributed by atoms with Gasteiger partial charge in [0.15, 0.2) is 0 Å². The number of rotatable bonds is 5. The zero-order valence-electron chi connectivity index (χ0n) is 10.7. The first-order chi connectivity index (χ1) is 9.06. The van der Waals surface area contributed by atoms with Crippen LogP contribution in [0.2, 0.25) is 0 Å². The molecular weight excluding hydrogens is 248 g/mol. The second kappa shape index (κ2) is 5.38. The van der Waals surface area contributed by atoms with E-state index in [1.165, 1.54) is 6.07 Å². The van der Waals surface area contributed by atoms with Crippen LogP contribution in [-0.4, -0.2) is 24.0 Å². The maximum atomic E-state index is 10.5. The summed E-state index contributed by atoms with van der Waals surface area (Å²) in [5, 5.41) is 13.5. The molecule has 2 aromatic heterocycles. The number of pyridine rings is 1. The summed E-state index contributed by atoms with van der Waals surface area (Å²) in [4.78, 5) is 16.1. The number of aromatic nitrogens is 1. The van der Waals surface area contributed by atoms with Crippen molar-refractivity contribution >= 4 is 17.4 Å². The van der Waals surface area contributed by atoms with Crippen LogP contribution >= 0.6 is 0 Å². The lowest BCUT2D eigenvalue weighted by atomic mass is 10.3. The Balaban J connectivity index is 1.96. The van der Waals surface area contributed by atoms with Gasteiger partial charge in [-0.15, -0.1) is 0 Å². The smallest absolute Gasteiger partial charge is 0.404 e. The van der Waals surface area contributed by atoms with Crippen molar-refractivity contribution in [1.82, 2.24) is 4.98 Å². The van der Waals surface area contributed by atoms with Gasteiger partial charge in [-0.1, -0.05) is 0 Å². The highest BCUT2D eigenvalue weighted by Crippen LogP contribution is 2.17. The maximum Gasteiger partial charge on any atom is 0.433 e. The molecule has 0 spiro atoms. The van der Waals surface area contributed by atoms with Gasteiger partial charge in [-0.05, 0) is 18.2 Å². The van der Waals surface area contributed by atoms with E-state index in [9.17, 15) is 10.1 Å². The summed E-state index contributed by atoms with van der Waals surface area (Å²) in [5.74, 6) is 1.11. The highest BCUT2D eigenvalue weighted by atomic mass is 16.6. The molecule has 0 unspecified atom stereocenters. The van der Waals surface area contributed by atoms with Crippen molar-refractivity contribution < 1.29 is 9.34 Å². The van der Waals surface area contributed by atoms with Crippen LogP contribution in [0, 0.1) is 10.1 Å². The largest absolute Gasteiger partial charge is 0.433 e. The quantitative estimate of drug-likeness (QED) is 0.657. The predicted molar refractivity (Wildman–Crippen MR) is 71.3 cm³/mol. The fourth-order valence-corrected chi connectivity index (χ4v) is 1.50. The number of hydrogen-bond donors (Lipinski definition) is 1. The molecule has 1 N–H and O–H groups in total. The summed E-state index contributed by atoms with van der Waals surface area (Å²) in [7, 11) is 3.83. The van der Waals surface area contributed by atoms with Gasteiger partial charge >= 0.3 is 5.88 Å². The molecule has 2 aromatic rings. The van der Waals surface area contributed by atoms with Gasteiger partial charge in [0.05, 0.1) is 24.5 Å². The fraction of sp³-hybridized carbons (Fsp3) is 0.250. The first kappa shape index (κ1) is 12.9. The summed E-state index contributed by atoms with van der Waals surface area (Å²) in [6.07, 6.45) is 1.70. The van der Waals surface area contributed by atoms with E-state index in [1.807, 2.05) is 31.1 Å². The number of anilines is 2. The lowest BCUT2D eigenvalue weighted by Gasteiger charge is -2.11. The van der Waals surface area contributed by atoms with Crippen LogP contribution < -0.4 is 10.2 Å². The van der Waals surface area contributed by atoms with Gasteiger partial charge in [-0.25, -0.2) is 4.98 Å². The standard InChI is InChI=1S/C12H14N4O3/c1-15(2)11-5-3-9(7-14-11)13-8-10-4-6-12(19-10)16(17)18/h3-7,13H,8H2,1-2H3. The molecule has 2 rings (SSSR count). The van der Waals surface area contributed by atoms with Crippen LogP contribution in [0.1, 0.15) is 5.76 Å². The van der Waals surface area contributed by atoms with E-state index in [1.54, 1.807) is 12.3 Å². The summed E-state index contributed by atoms with van der Waals surface area (Å²) >= 11 is 0. The average Bonchev–Trinajstić information content (AvgIpc) is 2.86. The average molecular weight is 262 g/mol. The topological polar surface area (TPSA) is 84.4 Å². The van der Waals surface area contributed by atoms with Gasteiger partial charge < -0.3 is 14.6 Å². The Hall–Kier alpha value is -2.57. The van der Waals surface area contributed by atoms with Crippen molar-refractivity contribution in [2.24, 2.45) is 0 Å². The van der Waals surface area contributed by atoms with Crippen molar-refractivity contribution in [3.63, 3.8) is 0 Å². The number of hydrogen-bond acceptors (Lipinski definition) is 6. The Morgan fingerprint density at radius 3 is 2.68 bits per heavy atom. The van der Waals surface area contributed by atoms with Gasteiger partial charge in [-0.2, -0.15) is 0 Å². The lowest BCUT2D eigenvalue weighted by Crippen LogP contribution is -2.10. The number of nitrogens with zero attached hydrogens (tertiary/aromatic N) is 3. The summed E-state index contributed by atoms with van der Waals surface area (Å²) in [6.45, 7) is 0.372. The highest BCUT2D eigenvalue weighted by molar-refractivity contribution is 5.48. The van der Waals surface area contributed by atoms with Crippen LogP contribution in [-0.2, 0) is 6.54 Å². The molecule has 0 saturated carbocycles. The Kier molecular flexibility index (Phi) is 3.65. The van der Waals surface area contributed by atoms with E-state index >= 15 is 0 Å². The third-order valence-electron chi connectivity index (χ3n) is 2.50. The Labute approximate surface area is 110 Å². The zero-order chi connectivity index (χ0) is 13.8. The molecular formula is C12H14N4O3. The second-order valence-electron chi connectivity index (χ2n) is 4.15. The van der Waals surface area contributed by atoms with Crippen molar-refractivity contribution in [2.75, 3.05) is 24.3 Å². The first-order valence-corrected chi connectivity index (χ1v) is 5.66. The van der Waals surface area contributed by atoms with Gasteiger partial charge in [0.1, 0.15) is 16.5 Å². The maximum absolute atomic E-state index is 10.5. The molecule has 0 aliphatic rings. The summed E-state index contributed by atoms with van der Waals surface area (Å²) in [6, 6.07) is 6.68. The molecule has 7 heteroatoms. The molecule has 0 bridgehead atoms. The molecule has 0 aliphatic heterocycles. The minimum Gasteiger partial charge on any atom is -0.404 e. The van der Waals surface area contributed by atoms with Gasteiger partial charge in [-0.3, -0.25) is 10.1 Å². The molecule has 0 aromatic carbocycles. The molecule has 19 heavy (non-hydrogen) atoms. The van der Waals surface area contributed by atoms with Crippen LogP contribution in [0.25, 0.3) is 0 Å². The van der Waals surface area contributed by atoms with Crippen molar-refractivity contribution in [1.29, 1.82) is 0 Å². The second-order valence-corrected chi connectivity index (χ2v) is 4.15. The highest BCUT2D eigenvalue weighted by Gasteiger charge is 2.11. The van der Waals surface area contributed by atoms with Crippen LogP contribution in [0.15, 0.2) is 34.9 Å². The van der Waals surface area contributed by atoms with Gasteiger partial charge in [0.25, 0.3) is 0 Å². The summed E-state index contributed by atoms with van der Waals surface area (Å²) < 4.78 is 5.04. The van der Waals surface area contributed by atoms with E-state index in [0.717, 1.165) is 11.5 Å². The van der Waals surface area contributed by atoms with Gasteiger partial charge in [0.2, 0.25) is 0 Å². The Morgan fingerprint density at radius 2 is 2.16 bits per heavy atom. The Bertz CT molecular complexity index is 563. The molecule has 0 aliphatic carbocycles. The lowest BCUT2D eigenvalue weighted by molar-refractivity contribution is -0.402. The Morgan fingerprint density at radius 1 is 1.37 bits per heavy atom. The minimum atomic E-state index is -0.559. The molecule has 0 amide bonds. The van der Waals surface area contributed by atoms with E-state index < -0.39 is 4.92 Å². The normalized spacial score (nSPS) is 10.2. The predicted octanol–water partition coefficient (Wildman–Crippen LogP) is 2.26. The van der Waals surface area contributed by atoms with Crippen LogP contribution in [0.4, 0.5) is 17.4 Å². The van der Waals surface area contributed by atoms with Crippen molar-refractivity contribution in [3.8, 4) is 0 Å². The third kappa shape index (κ3) is 3.21. The van der Waals surface area contributed by atoms with E-state index in [4.69, 9.17) is 4.42 Å². The molecule has 0 saturated heterocycles. The van der Waals surface area contributed by atoms with Gasteiger partial charge in [0, 0.05) is 14.1 Å². The molecule has 0 fully saturated rings. The molecule has 2 heterocycles. The third-order valence-corrected chi connectivity index (χ3v) is 2.50. The number of furan rings is 1. The van der Waals surface area contributed by atoms with Crippen LogP contribution in [0.3, 0.4) is 0 Å². The first-order valence-electron chi connectivity index (χ1n) is 5.66. The van der Waals surface area contributed by atoms with E-state index in [2.05, 4.69) is 10.3 Å². The zero-order valence-corrected chi connectivity index (χ0v) is 10.7. The molecule has 0 atom stereocenters. The molecule has 7 nitrogen and oxygen atoms in total. The minimum absolute atomic E-state index is 0.252. The molecule has 0 radical (unpaired) electrons. The van der Waals surface area contributed by atoms with Crippen molar-refractivity contribution in [2.45, 2.75) is 6.54 Å².